The van der Waals surface area contributed by atoms with Gasteiger partial charge in [0.25, 0.3) is 11.8 Å². The molecule has 1 aromatic carbocycles. The third-order valence-corrected chi connectivity index (χ3v) is 5.79. The zero-order chi connectivity index (χ0) is 26.4. The van der Waals surface area contributed by atoms with Crippen LogP contribution in [0.3, 0.4) is 0 Å². The number of rotatable bonds is 7. The van der Waals surface area contributed by atoms with Gasteiger partial charge in [0.15, 0.2) is 12.4 Å². The lowest BCUT2D eigenvalue weighted by molar-refractivity contribution is 0.0132. The number of anilines is 1. The van der Waals surface area contributed by atoms with Crippen molar-refractivity contribution in [1.82, 2.24) is 20.0 Å². The molecule has 1 saturated heterocycles. The molecular weight excluding hydrogens is 517 g/mol. The maximum absolute atomic E-state index is 13.0. The molecule has 1 aliphatic rings. The van der Waals surface area contributed by atoms with Crippen LogP contribution in [0.15, 0.2) is 24.4 Å². The number of nitrogens with zero attached hydrogens (tertiary/aromatic N) is 3. The number of carboxylic acid groups (broad SMARTS) is 1. The maximum Gasteiger partial charge on any atom is 0.510 e. The van der Waals surface area contributed by atoms with Gasteiger partial charge in [-0.1, -0.05) is 29.3 Å². The molecule has 0 saturated carbocycles. The first-order valence-corrected chi connectivity index (χ1v) is 11.8. The number of nitrogens with one attached hydrogen (secondary N) is 2. The second-order valence-corrected chi connectivity index (χ2v) is 9.00. The van der Waals surface area contributed by atoms with Crippen LogP contribution in [0.1, 0.15) is 47.5 Å². The molecule has 0 spiro atoms. The minimum atomic E-state index is -1.02. The molecular formula is C22H25Cl2N5O7. The summed E-state index contributed by atoms with van der Waals surface area (Å²) in [5, 5.41) is 18.9. The van der Waals surface area contributed by atoms with Gasteiger partial charge >= 0.3 is 12.2 Å². The van der Waals surface area contributed by atoms with E-state index in [1.807, 2.05) is 0 Å². The summed E-state index contributed by atoms with van der Waals surface area (Å²) < 4.78 is 11.0. The first-order chi connectivity index (χ1) is 17.0. The van der Waals surface area contributed by atoms with Gasteiger partial charge in [-0.25, -0.2) is 14.3 Å². The largest absolute Gasteiger partial charge is 0.510 e. The van der Waals surface area contributed by atoms with Crippen molar-refractivity contribution in [2.24, 2.45) is 0 Å². The Morgan fingerprint density at radius 2 is 1.78 bits per heavy atom. The Morgan fingerprint density at radius 3 is 2.36 bits per heavy atom. The van der Waals surface area contributed by atoms with Crippen LogP contribution in [-0.2, 0) is 16.2 Å². The Balaban J connectivity index is 1.78. The lowest BCUT2D eigenvalue weighted by atomic mass is 10.1. The van der Waals surface area contributed by atoms with Crippen molar-refractivity contribution < 1.29 is 33.8 Å². The predicted octanol–water partition coefficient (Wildman–Crippen LogP) is 3.83. The number of carbonyl (C=O) groups excluding carboxylic acids is 3. The number of halogens is 2. The number of aromatic nitrogens is 2. The molecule has 0 aliphatic carbocycles. The predicted molar refractivity (Wildman–Crippen MR) is 129 cm³/mol. The van der Waals surface area contributed by atoms with Gasteiger partial charge in [-0.15, -0.1) is 0 Å². The van der Waals surface area contributed by atoms with Crippen molar-refractivity contribution in [1.29, 1.82) is 0 Å². The lowest BCUT2D eigenvalue weighted by Gasteiger charge is -2.30. The normalized spacial score (nSPS) is 13.9. The highest BCUT2D eigenvalue weighted by atomic mass is 35.5. The lowest BCUT2D eigenvalue weighted by Crippen LogP contribution is -2.46. The van der Waals surface area contributed by atoms with E-state index in [1.165, 1.54) is 23.2 Å². The first kappa shape index (κ1) is 27.1. The van der Waals surface area contributed by atoms with Crippen LogP contribution < -0.4 is 10.6 Å². The summed E-state index contributed by atoms with van der Waals surface area (Å²) in [5.41, 5.74) is -0.108. The van der Waals surface area contributed by atoms with Gasteiger partial charge < -0.3 is 30.1 Å². The van der Waals surface area contributed by atoms with Crippen LogP contribution in [-0.4, -0.2) is 69.1 Å². The summed E-state index contributed by atoms with van der Waals surface area (Å²) in [6.07, 6.45) is -0.186. The molecule has 3 N–H and O–H groups in total. The van der Waals surface area contributed by atoms with Crippen molar-refractivity contribution in [3.63, 3.8) is 0 Å². The Bertz CT molecular complexity index is 1130. The average molecular weight is 542 g/mol. The second kappa shape index (κ2) is 12.0. The molecule has 1 aromatic heterocycles. The highest BCUT2D eigenvalue weighted by Gasteiger charge is 2.27. The molecule has 0 radical (unpaired) electrons. The number of hydrogen-bond acceptors (Lipinski definition) is 7. The summed E-state index contributed by atoms with van der Waals surface area (Å²) in [6.45, 7) is 3.48. The molecule has 2 aromatic rings. The van der Waals surface area contributed by atoms with Crippen molar-refractivity contribution in [3.05, 3.63) is 45.7 Å². The number of carbonyl (C=O) groups is 4. The Hall–Kier alpha value is -3.51. The number of piperidine rings is 1. The highest BCUT2D eigenvalue weighted by Crippen LogP contribution is 2.26. The van der Waals surface area contributed by atoms with Gasteiger partial charge in [0.2, 0.25) is 0 Å². The summed E-state index contributed by atoms with van der Waals surface area (Å²) in [6, 6.07) is 4.28. The van der Waals surface area contributed by atoms with Crippen LogP contribution in [0.5, 0.6) is 0 Å². The summed E-state index contributed by atoms with van der Waals surface area (Å²) in [7, 11) is 0. The van der Waals surface area contributed by atoms with Crippen LogP contribution in [0.2, 0.25) is 10.0 Å². The van der Waals surface area contributed by atoms with Gasteiger partial charge in [-0.3, -0.25) is 9.59 Å². The number of benzene rings is 1. The van der Waals surface area contributed by atoms with Gasteiger partial charge in [0, 0.05) is 19.1 Å². The molecule has 194 valence electrons. The highest BCUT2D eigenvalue weighted by molar-refractivity contribution is 6.40. The van der Waals surface area contributed by atoms with E-state index in [9.17, 15) is 19.2 Å². The molecule has 1 aliphatic heterocycles. The molecule has 36 heavy (non-hydrogen) atoms. The molecule has 2 heterocycles. The topological polar surface area (TPSA) is 152 Å². The van der Waals surface area contributed by atoms with E-state index < -0.39 is 24.1 Å². The molecule has 0 atom stereocenters. The van der Waals surface area contributed by atoms with Crippen molar-refractivity contribution >= 4 is 53.0 Å². The van der Waals surface area contributed by atoms with E-state index in [2.05, 4.69) is 15.7 Å². The molecule has 3 rings (SSSR count). The van der Waals surface area contributed by atoms with E-state index in [-0.39, 0.29) is 59.0 Å². The Kier molecular flexibility index (Phi) is 8.99. The Morgan fingerprint density at radius 1 is 1.14 bits per heavy atom. The van der Waals surface area contributed by atoms with Crippen LogP contribution >= 0.6 is 23.2 Å². The van der Waals surface area contributed by atoms with E-state index in [0.717, 1.165) is 4.68 Å². The van der Waals surface area contributed by atoms with E-state index in [4.69, 9.17) is 37.8 Å². The van der Waals surface area contributed by atoms with Gasteiger partial charge in [0.1, 0.15) is 0 Å². The van der Waals surface area contributed by atoms with Crippen LogP contribution in [0.25, 0.3) is 0 Å². The van der Waals surface area contributed by atoms with Crippen LogP contribution in [0.4, 0.5) is 15.3 Å². The number of ether oxygens (including phenoxy) is 2. The second-order valence-electron chi connectivity index (χ2n) is 8.19. The van der Waals surface area contributed by atoms with Crippen molar-refractivity contribution in [2.45, 2.75) is 45.6 Å². The SMILES string of the molecule is CC(C)OC(=O)OCn1cc(NC(=O)c2c(Cl)cccc2Cl)c(C(=O)NC2CCN(C(=O)O)CC2)n1. The minimum absolute atomic E-state index is 0.0118. The third kappa shape index (κ3) is 7.01. The molecule has 1 fully saturated rings. The van der Waals surface area contributed by atoms with E-state index >= 15 is 0 Å². The zero-order valence-corrected chi connectivity index (χ0v) is 21.0. The zero-order valence-electron chi connectivity index (χ0n) is 19.5. The first-order valence-electron chi connectivity index (χ1n) is 11.0. The minimum Gasteiger partial charge on any atom is -0.465 e. The van der Waals surface area contributed by atoms with Gasteiger partial charge in [0.05, 0.1) is 33.6 Å². The molecule has 14 heteroatoms. The van der Waals surface area contributed by atoms with E-state index in [0.29, 0.717) is 12.8 Å². The van der Waals surface area contributed by atoms with Gasteiger partial charge in [-0.2, -0.15) is 5.10 Å². The maximum atomic E-state index is 13.0. The van der Waals surface area contributed by atoms with Crippen molar-refractivity contribution in [2.75, 3.05) is 18.4 Å². The number of likely N-dealkylation sites (tertiary alicyclic amines) is 1. The summed E-state index contributed by atoms with van der Waals surface area (Å²) in [4.78, 5) is 50.0. The quantitative estimate of drug-likeness (QED) is 0.447. The smallest absolute Gasteiger partial charge is 0.465 e. The fourth-order valence-corrected chi connectivity index (χ4v) is 4.03. The molecule has 0 unspecified atom stereocenters. The third-order valence-electron chi connectivity index (χ3n) is 5.16. The molecule has 12 nitrogen and oxygen atoms in total. The average Bonchev–Trinajstić information content (AvgIpc) is 3.20. The fourth-order valence-electron chi connectivity index (χ4n) is 3.46. The fraction of sp³-hybridized carbons (Fsp3) is 0.409. The van der Waals surface area contributed by atoms with E-state index in [1.54, 1.807) is 19.9 Å². The molecule has 3 amide bonds. The Labute approximate surface area is 216 Å². The number of hydrogen-bond donors (Lipinski definition) is 3. The monoisotopic (exact) mass is 541 g/mol. The molecule has 0 bridgehead atoms. The van der Waals surface area contributed by atoms with Crippen molar-refractivity contribution in [3.8, 4) is 0 Å². The number of amides is 3. The summed E-state index contributed by atoms with van der Waals surface area (Å²) in [5.74, 6) is -1.28. The van der Waals surface area contributed by atoms with Crippen LogP contribution in [0, 0.1) is 0 Å². The summed E-state index contributed by atoms with van der Waals surface area (Å²) >= 11 is 12.2. The standard InChI is InChI=1S/C22H25Cl2N5O7/c1-12(2)36-22(34)35-11-29-10-16(26-19(30)17-14(23)4-3-5-15(17)24)18(27-29)20(31)25-13-6-8-28(9-7-13)21(32)33/h3-5,10,12-13H,6-9,11H2,1-2H3,(H,25,31)(H,26,30)(H,32,33). The van der Waals surface area contributed by atoms with Gasteiger partial charge in [-0.05, 0) is 38.8 Å².